The number of anilines is 1. The van der Waals surface area contributed by atoms with E-state index < -0.39 is 11.9 Å². The zero-order valence-electron chi connectivity index (χ0n) is 11.4. The summed E-state index contributed by atoms with van der Waals surface area (Å²) in [6, 6.07) is 4.80. The number of carbonyl (C=O) groups is 3. The van der Waals surface area contributed by atoms with Crippen LogP contribution in [0.15, 0.2) is 18.2 Å². The SMILES string of the molecule is COC(=O)c1ccc(NC(=O)CNC(=O)CN)cc1C. The number of ether oxygens (including phenoxy) is 1. The number of carbonyl (C=O) groups excluding carboxylic acids is 3. The Hall–Kier alpha value is -2.41. The normalized spacial score (nSPS) is 9.75. The first-order valence-electron chi connectivity index (χ1n) is 5.93. The van der Waals surface area contributed by atoms with Crippen LogP contribution in [-0.4, -0.2) is 38.0 Å². The zero-order valence-corrected chi connectivity index (χ0v) is 11.4. The minimum absolute atomic E-state index is 0.159. The topological polar surface area (TPSA) is 111 Å². The van der Waals surface area contributed by atoms with Crippen LogP contribution in [-0.2, 0) is 14.3 Å². The number of nitrogens with one attached hydrogen (secondary N) is 2. The second-order valence-electron chi connectivity index (χ2n) is 4.05. The summed E-state index contributed by atoms with van der Waals surface area (Å²) in [4.78, 5) is 33.9. The molecule has 0 aliphatic carbocycles. The van der Waals surface area contributed by atoms with Gasteiger partial charge in [-0.1, -0.05) is 0 Å². The van der Waals surface area contributed by atoms with Gasteiger partial charge in [0.2, 0.25) is 11.8 Å². The fourth-order valence-electron chi connectivity index (χ4n) is 1.54. The van der Waals surface area contributed by atoms with E-state index in [9.17, 15) is 14.4 Å². The molecule has 0 fully saturated rings. The molecule has 1 aromatic carbocycles. The fourth-order valence-corrected chi connectivity index (χ4v) is 1.54. The summed E-state index contributed by atoms with van der Waals surface area (Å²) < 4.78 is 4.63. The first-order chi connectivity index (χ1) is 9.47. The standard InChI is InChI=1S/C13H17N3O4/c1-8-5-9(3-4-10(8)13(19)20-2)16-12(18)7-15-11(17)6-14/h3-5H,6-7,14H2,1-2H3,(H,15,17)(H,16,18). The Labute approximate surface area is 116 Å². The second kappa shape index (κ2) is 7.25. The maximum Gasteiger partial charge on any atom is 0.338 e. The fraction of sp³-hybridized carbons (Fsp3) is 0.308. The van der Waals surface area contributed by atoms with Crippen LogP contribution in [0.2, 0.25) is 0 Å². The molecule has 7 heteroatoms. The predicted octanol–water partition coefficient (Wildman–Crippen LogP) is -0.205. The molecule has 1 aromatic rings. The molecule has 0 aromatic heterocycles. The molecular weight excluding hydrogens is 262 g/mol. The Morgan fingerprint density at radius 3 is 2.50 bits per heavy atom. The number of hydrogen-bond donors (Lipinski definition) is 3. The third-order valence-corrected chi connectivity index (χ3v) is 2.55. The van der Waals surface area contributed by atoms with E-state index in [0.29, 0.717) is 16.8 Å². The number of esters is 1. The minimum Gasteiger partial charge on any atom is -0.465 e. The van der Waals surface area contributed by atoms with Crippen molar-refractivity contribution in [2.24, 2.45) is 5.73 Å². The third kappa shape index (κ3) is 4.36. The number of rotatable bonds is 5. The lowest BCUT2D eigenvalue weighted by Crippen LogP contribution is -2.36. The van der Waals surface area contributed by atoms with Gasteiger partial charge in [-0.3, -0.25) is 9.59 Å². The predicted molar refractivity (Wildman–Crippen MR) is 73.2 cm³/mol. The van der Waals surface area contributed by atoms with Crippen molar-refractivity contribution in [2.75, 3.05) is 25.5 Å². The Bertz CT molecular complexity index is 528. The highest BCUT2D eigenvalue weighted by Gasteiger charge is 2.10. The van der Waals surface area contributed by atoms with Crippen LogP contribution >= 0.6 is 0 Å². The molecule has 0 radical (unpaired) electrons. The summed E-state index contributed by atoms with van der Waals surface area (Å²) in [6.07, 6.45) is 0. The van der Waals surface area contributed by atoms with Crippen molar-refractivity contribution >= 4 is 23.5 Å². The van der Waals surface area contributed by atoms with E-state index in [0.717, 1.165) is 0 Å². The highest BCUT2D eigenvalue weighted by atomic mass is 16.5. The van der Waals surface area contributed by atoms with Gasteiger partial charge in [-0.05, 0) is 30.7 Å². The molecule has 20 heavy (non-hydrogen) atoms. The molecule has 1 rings (SSSR count). The monoisotopic (exact) mass is 279 g/mol. The van der Waals surface area contributed by atoms with Crippen molar-refractivity contribution in [3.05, 3.63) is 29.3 Å². The van der Waals surface area contributed by atoms with Crippen molar-refractivity contribution in [1.82, 2.24) is 5.32 Å². The molecule has 0 spiro atoms. The van der Waals surface area contributed by atoms with E-state index in [-0.39, 0.29) is 19.0 Å². The lowest BCUT2D eigenvalue weighted by Gasteiger charge is -2.09. The smallest absolute Gasteiger partial charge is 0.338 e. The molecule has 0 unspecified atom stereocenters. The van der Waals surface area contributed by atoms with Gasteiger partial charge in [-0.15, -0.1) is 0 Å². The Morgan fingerprint density at radius 1 is 1.25 bits per heavy atom. The Kier molecular flexibility index (Phi) is 5.67. The van der Waals surface area contributed by atoms with Gasteiger partial charge < -0.3 is 21.1 Å². The van der Waals surface area contributed by atoms with Crippen LogP contribution in [0, 0.1) is 6.92 Å². The van der Waals surface area contributed by atoms with Gasteiger partial charge in [-0.25, -0.2) is 4.79 Å². The summed E-state index contributed by atoms with van der Waals surface area (Å²) in [7, 11) is 1.30. The quantitative estimate of drug-likeness (QED) is 0.646. The van der Waals surface area contributed by atoms with E-state index in [2.05, 4.69) is 15.4 Å². The van der Waals surface area contributed by atoms with Crippen molar-refractivity contribution in [3.8, 4) is 0 Å². The van der Waals surface area contributed by atoms with Crippen LogP contribution in [0.3, 0.4) is 0 Å². The molecule has 7 nitrogen and oxygen atoms in total. The van der Waals surface area contributed by atoms with E-state index >= 15 is 0 Å². The molecule has 0 aliphatic heterocycles. The number of nitrogens with two attached hydrogens (primary N) is 1. The number of benzene rings is 1. The molecule has 2 amide bonds. The largest absolute Gasteiger partial charge is 0.465 e. The summed E-state index contributed by atoms with van der Waals surface area (Å²) in [5.74, 6) is -1.22. The van der Waals surface area contributed by atoms with Gasteiger partial charge in [0, 0.05) is 5.69 Å². The first kappa shape index (κ1) is 15.6. The first-order valence-corrected chi connectivity index (χ1v) is 5.93. The maximum atomic E-state index is 11.6. The van der Waals surface area contributed by atoms with Crippen molar-refractivity contribution in [1.29, 1.82) is 0 Å². The summed E-state index contributed by atoms with van der Waals surface area (Å²) in [5, 5.41) is 4.96. The molecule has 0 saturated carbocycles. The van der Waals surface area contributed by atoms with Gasteiger partial charge in [-0.2, -0.15) is 0 Å². The van der Waals surface area contributed by atoms with Crippen molar-refractivity contribution in [3.63, 3.8) is 0 Å². The number of hydrogen-bond acceptors (Lipinski definition) is 5. The van der Waals surface area contributed by atoms with Crippen LogP contribution in [0.1, 0.15) is 15.9 Å². The molecule has 0 aliphatic rings. The zero-order chi connectivity index (χ0) is 15.1. The summed E-state index contributed by atoms with van der Waals surface area (Å²) in [5.41, 5.74) is 6.74. The summed E-state index contributed by atoms with van der Waals surface area (Å²) >= 11 is 0. The molecular formula is C13H17N3O4. The molecule has 108 valence electrons. The van der Waals surface area contributed by atoms with Gasteiger partial charge in [0.05, 0.1) is 25.8 Å². The molecule has 0 atom stereocenters. The molecule has 0 saturated heterocycles. The summed E-state index contributed by atoms with van der Waals surface area (Å²) in [6.45, 7) is 1.41. The van der Waals surface area contributed by atoms with Crippen molar-refractivity contribution in [2.45, 2.75) is 6.92 Å². The van der Waals surface area contributed by atoms with Gasteiger partial charge in [0.15, 0.2) is 0 Å². The molecule has 4 N–H and O–H groups in total. The van der Waals surface area contributed by atoms with Gasteiger partial charge in [0.1, 0.15) is 0 Å². The van der Waals surface area contributed by atoms with Gasteiger partial charge >= 0.3 is 5.97 Å². The minimum atomic E-state index is -0.435. The van der Waals surface area contributed by atoms with E-state index in [1.807, 2.05) is 0 Å². The van der Waals surface area contributed by atoms with Crippen LogP contribution in [0.25, 0.3) is 0 Å². The molecule has 0 heterocycles. The van der Waals surface area contributed by atoms with Gasteiger partial charge in [0.25, 0.3) is 0 Å². The third-order valence-electron chi connectivity index (χ3n) is 2.55. The van der Waals surface area contributed by atoms with E-state index in [1.165, 1.54) is 7.11 Å². The van der Waals surface area contributed by atoms with Crippen LogP contribution < -0.4 is 16.4 Å². The molecule has 0 bridgehead atoms. The highest BCUT2D eigenvalue weighted by Crippen LogP contribution is 2.15. The highest BCUT2D eigenvalue weighted by molar-refractivity contribution is 5.96. The second-order valence-corrected chi connectivity index (χ2v) is 4.05. The average Bonchev–Trinajstić information content (AvgIpc) is 2.44. The van der Waals surface area contributed by atoms with E-state index in [4.69, 9.17) is 5.73 Å². The lowest BCUT2D eigenvalue weighted by molar-refractivity contribution is -0.123. The average molecular weight is 279 g/mol. The number of amides is 2. The number of methoxy groups -OCH3 is 1. The Morgan fingerprint density at radius 2 is 1.95 bits per heavy atom. The lowest BCUT2D eigenvalue weighted by atomic mass is 10.1. The van der Waals surface area contributed by atoms with E-state index in [1.54, 1.807) is 25.1 Å². The van der Waals surface area contributed by atoms with Crippen molar-refractivity contribution < 1.29 is 19.1 Å². The van der Waals surface area contributed by atoms with Crippen LogP contribution in [0.5, 0.6) is 0 Å². The maximum absolute atomic E-state index is 11.6. The Balaban J connectivity index is 2.65. The number of aryl methyl sites for hydroxylation is 1. The van der Waals surface area contributed by atoms with Crippen LogP contribution in [0.4, 0.5) is 5.69 Å².